The number of benzene rings is 2. The van der Waals surface area contributed by atoms with E-state index in [0.717, 1.165) is 6.42 Å². The van der Waals surface area contributed by atoms with E-state index in [1.165, 1.54) is 0 Å². The van der Waals surface area contributed by atoms with Crippen molar-refractivity contribution in [3.8, 4) is 11.5 Å². The number of carbonyl (C=O) groups excluding carboxylic acids is 2. The lowest BCUT2D eigenvalue weighted by Crippen LogP contribution is -2.26. The average Bonchev–Trinajstić information content (AvgIpc) is 2.84. The second-order valence-electron chi connectivity index (χ2n) is 5.31. The van der Waals surface area contributed by atoms with Crippen LogP contribution >= 0.6 is 0 Å². The van der Waals surface area contributed by atoms with E-state index >= 15 is 0 Å². The van der Waals surface area contributed by atoms with Crippen LogP contribution < -0.4 is 15.2 Å². The summed E-state index contributed by atoms with van der Waals surface area (Å²) in [5, 5.41) is 0. The summed E-state index contributed by atoms with van der Waals surface area (Å²) in [7, 11) is 0. The molecule has 0 radical (unpaired) electrons. The Morgan fingerprint density at radius 1 is 1.00 bits per heavy atom. The minimum Gasteiger partial charge on any atom is -0.490 e. The molecule has 1 heterocycles. The van der Waals surface area contributed by atoms with Gasteiger partial charge in [-0.05, 0) is 18.2 Å². The van der Waals surface area contributed by atoms with Crippen LogP contribution in [-0.2, 0) is 9.53 Å². The molecule has 1 amide bonds. The van der Waals surface area contributed by atoms with Crippen LogP contribution in [0.25, 0.3) is 0 Å². The Morgan fingerprint density at radius 2 is 1.71 bits per heavy atom. The number of carbonyl (C=O) groups is 2. The van der Waals surface area contributed by atoms with Gasteiger partial charge < -0.3 is 19.9 Å². The summed E-state index contributed by atoms with van der Waals surface area (Å²) >= 11 is 0. The molecule has 0 unspecified atom stereocenters. The van der Waals surface area contributed by atoms with Crippen molar-refractivity contribution in [1.29, 1.82) is 0 Å². The second-order valence-corrected chi connectivity index (χ2v) is 5.31. The molecule has 2 N–H and O–H groups in total. The lowest BCUT2D eigenvalue weighted by Gasteiger charge is -2.15. The number of esters is 1. The SMILES string of the molecule is NC(=O)[C@H](OC(=O)c1ccc2c(c1)OCCCO2)c1ccccc1. The molecule has 0 aromatic heterocycles. The summed E-state index contributed by atoms with van der Waals surface area (Å²) in [6, 6.07) is 13.4. The first-order chi connectivity index (χ1) is 11.6. The van der Waals surface area contributed by atoms with Crippen LogP contribution in [-0.4, -0.2) is 25.1 Å². The van der Waals surface area contributed by atoms with Crippen molar-refractivity contribution >= 4 is 11.9 Å². The number of ether oxygens (including phenoxy) is 3. The van der Waals surface area contributed by atoms with Gasteiger partial charge in [-0.15, -0.1) is 0 Å². The summed E-state index contributed by atoms with van der Waals surface area (Å²) < 4.78 is 16.4. The zero-order valence-corrected chi connectivity index (χ0v) is 12.9. The lowest BCUT2D eigenvalue weighted by molar-refractivity contribution is -0.127. The third-order valence-electron chi connectivity index (χ3n) is 3.57. The predicted octanol–water partition coefficient (Wildman–Crippen LogP) is 2.23. The quantitative estimate of drug-likeness (QED) is 0.870. The Labute approximate surface area is 139 Å². The van der Waals surface area contributed by atoms with Crippen LogP contribution in [0.5, 0.6) is 11.5 Å². The molecule has 0 bridgehead atoms. The van der Waals surface area contributed by atoms with Crippen molar-refractivity contribution in [1.82, 2.24) is 0 Å². The first-order valence-electron chi connectivity index (χ1n) is 7.60. The van der Waals surface area contributed by atoms with Gasteiger partial charge in [0.25, 0.3) is 5.91 Å². The monoisotopic (exact) mass is 327 g/mol. The third-order valence-corrected chi connectivity index (χ3v) is 3.57. The van der Waals surface area contributed by atoms with Gasteiger partial charge in [-0.1, -0.05) is 30.3 Å². The molecule has 0 saturated carbocycles. The molecule has 6 nitrogen and oxygen atoms in total. The van der Waals surface area contributed by atoms with E-state index in [0.29, 0.717) is 30.3 Å². The maximum absolute atomic E-state index is 12.4. The molecular formula is C18H17NO5. The summed E-state index contributed by atoms with van der Waals surface area (Å²) in [6.07, 6.45) is -0.374. The fraction of sp³-hybridized carbons (Fsp3) is 0.222. The van der Waals surface area contributed by atoms with Crippen LogP contribution in [0.4, 0.5) is 0 Å². The molecule has 2 aromatic carbocycles. The molecule has 0 aliphatic carbocycles. The summed E-state index contributed by atoms with van der Waals surface area (Å²) in [5.41, 5.74) is 6.15. The van der Waals surface area contributed by atoms with Crippen molar-refractivity contribution in [3.05, 3.63) is 59.7 Å². The topological polar surface area (TPSA) is 87.9 Å². The van der Waals surface area contributed by atoms with E-state index in [2.05, 4.69) is 0 Å². The van der Waals surface area contributed by atoms with Gasteiger partial charge in [0.15, 0.2) is 11.5 Å². The zero-order valence-electron chi connectivity index (χ0n) is 12.9. The van der Waals surface area contributed by atoms with Gasteiger partial charge in [0.1, 0.15) is 0 Å². The van der Waals surface area contributed by atoms with Gasteiger partial charge in [0.05, 0.1) is 18.8 Å². The number of nitrogens with two attached hydrogens (primary N) is 1. The highest BCUT2D eigenvalue weighted by atomic mass is 16.5. The van der Waals surface area contributed by atoms with Gasteiger partial charge in [0.2, 0.25) is 6.10 Å². The molecule has 1 aliphatic heterocycles. The van der Waals surface area contributed by atoms with Crippen molar-refractivity contribution in [2.45, 2.75) is 12.5 Å². The highest BCUT2D eigenvalue weighted by molar-refractivity contribution is 5.93. The van der Waals surface area contributed by atoms with Gasteiger partial charge in [-0.3, -0.25) is 4.79 Å². The largest absolute Gasteiger partial charge is 0.490 e. The van der Waals surface area contributed by atoms with E-state index in [1.807, 2.05) is 0 Å². The molecular weight excluding hydrogens is 310 g/mol. The molecule has 24 heavy (non-hydrogen) atoms. The van der Waals surface area contributed by atoms with Crippen molar-refractivity contribution < 1.29 is 23.8 Å². The minimum atomic E-state index is -1.14. The standard InChI is InChI=1S/C18H17NO5/c19-17(20)16(12-5-2-1-3-6-12)24-18(21)13-7-8-14-15(11-13)23-10-4-9-22-14/h1-3,5-8,11,16H,4,9-10H2,(H2,19,20)/t16-/m1/s1. The van der Waals surface area contributed by atoms with Gasteiger partial charge in [0, 0.05) is 12.0 Å². The van der Waals surface area contributed by atoms with E-state index in [4.69, 9.17) is 19.9 Å². The van der Waals surface area contributed by atoms with E-state index in [-0.39, 0.29) is 5.56 Å². The molecule has 0 saturated heterocycles. The average molecular weight is 327 g/mol. The lowest BCUT2D eigenvalue weighted by atomic mass is 10.1. The van der Waals surface area contributed by atoms with Crippen LogP contribution in [0.15, 0.2) is 48.5 Å². The molecule has 124 valence electrons. The van der Waals surface area contributed by atoms with Gasteiger partial charge >= 0.3 is 5.97 Å². The second kappa shape index (κ2) is 7.04. The Hall–Kier alpha value is -3.02. The van der Waals surface area contributed by atoms with Gasteiger partial charge in [-0.25, -0.2) is 4.79 Å². The van der Waals surface area contributed by atoms with Gasteiger partial charge in [-0.2, -0.15) is 0 Å². The van der Waals surface area contributed by atoms with E-state index < -0.39 is 18.0 Å². The fourth-order valence-electron chi connectivity index (χ4n) is 2.38. The predicted molar refractivity (Wildman–Crippen MR) is 85.8 cm³/mol. The van der Waals surface area contributed by atoms with Crippen LogP contribution in [0.1, 0.15) is 28.4 Å². The summed E-state index contributed by atoms with van der Waals surface area (Å²) in [5.74, 6) is -0.321. The normalized spacial score (nSPS) is 14.3. The minimum absolute atomic E-state index is 0.265. The molecule has 2 aromatic rings. The molecule has 6 heteroatoms. The first-order valence-corrected chi connectivity index (χ1v) is 7.60. The highest BCUT2D eigenvalue weighted by Gasteiger charge is 2.24. The number of fused-ring (bicyclic) bond motifs is 1. The molecule has 3 rings (SSSR count). The number of hydrogen-bond acceptors (Lipinski definition) is 5. The molecule has 0 spiro atoms. The summed E-state index contributed by atoms with van der Waals surface area (Å²) in [6.45, 7) is 1.08. The smallest absolute Gasteiger partial charge is 0.339 e. The Balaban J connectivity index is 1.81. The first kappa shape index (κ1) is 15.9. The van der Waals surface area contributed by atoms with Crippen LogP contribution in [0, 0.1) is 0 Å². The Morgan fingerprint density at radius 3 is 2.42 bits per heavy atom. The fourth-order valence-corrected chi connectivity index (χ4v) is 2.38. The molecule has 1 aliphatic rings. The maximum Gasteiger partial charge on any atom is 0.339 e. The molecule has 1 atom stereocenters. The van der Waals surface area contributed by atoms with E-state index in [9.17, 15) is 9.59 Å². The number of amides is 1. The van der Waals surface area contributed by atoms with Crippen LogP contribution in [0.2, 0.25) is 0 Å². The van der Waals surface area contributed by atoms with Crippen molar-refractivity contribution in [2.75, 3.05) is 13.2 Å². The Kier molecular flexibility index (Phi) is 4.65. The van der Waals surface area contributed by atoms with E-state index in [1.54, 1.807) is 48.5 Å². The molecule has 0 fully saturated rings. The Bertz CT molecular complexity index is 744. The zero-order chi connectivity index (χ0) is 16.9. The van der Waals surface area contributed by atoms with Crippen molar-refractivity contribution in [3.63, 3.8) is 0 Å². The van der Waals surface area contributed by atoms with Crippen molar-refractivity contribution in [2.24, 2.45) is 5.73 Å². The number of hydrogen-bond donors (Lipinski definition) is 1. The number of primary amides is 1. The van der Waals surface area contributed by atoms with Crippen LogP contribution in [0.3, 0.4) is 0 Å². The summed E-state index contributed by atoms with van der Waals surface area (Å²) in [4.78, 5) is 24.0. The third kappa shape index (κ3) is 3.48. The number of rotatable bonds is 4. The maximum atomic E-state index is 12.4. The highest BCUT2D eigenvalue weighted by Crippen LogP contribution is 2.31.